The molecule has 2 rings (SSSR count). The zero-order chi connectivity index (χ0) is 15.6. The van der Waals surface area contributed by atoms with E-state index in [2.05, 4.69) is 15.0 Å². The molecule has 0 aliphatic carbocycles. The Hall–Kier alpha value is -1.47. The summed E-state index contributed by atoms with van der Waals surface area (Å²) in [5.74, 6) is -0.459. The number of thiazole rings is 1. The van der Waals surface area contributed by atoms with Gasteiger partial charge in [0.2, 0.25) is 5.91 Å². The lowest BCUT2D eigenvalue weighted by Crippen LogP contribution is -2.31. The first-order valence-corrected chi connectivity index (χ1v) is 7.78. The fraction of sp³-hybridized carbons (Fsp3) is 0.643. The summed E-state index contributed by atoms with van der Waals surface area (Å²) in [5, 5.41) is 5.05. The molecule has 0 aromatic carbocycles. The third-order valence-corrected chi connectivity index (χ3v) is 4.69. The molecule has 4 atom stereocenters. The van der Waals surface area contributed by atoms with Gasteiger partial charge >= 0.3 is 5.97 Å². The second kappa shape index (κ2) is 6.53. The minimum absolute atomic E-state index is 0.0712. The molecule has 0 spiro atoms. The summed E-state index contributed by atoms with van der Waals surface area (Å²) >= 11 is 1.30. The van der Waals surface area contributed by atoms with E-state index < -0.39 is 0 Å². The average molecular weight is 312 g/mol. The average Bonchev–Trinajstić information content (AvgIpc) is 2.95. The van der Waals surface area contributed by atoms with Crippen molar-refractivity contribution in [3.63, 3.8) is 0 Å². The summed E-state index contributed by atoms with van der Waals surface area (Å²) < 4.78 is 10.3. The van der Waals surface area contributed by atoms with Gasteiger partial charge in [-0.05, 0) is 19.8 Å². The predicted octanol–water partition coefficient (Wildman–Crippen LogP) is 1.86. The number of aromatic nitrogens is 1. The number of anilines is 1. The van der Waals surface area contributed by atoms with Crippen molar-refractivity contribution in [2.75, 3.05) is 12.4 Å². The Morgan fingerprint density at radius 3 is 2.67 bits per heavy atom. The van der Waals surface area contributed by atoms with Crippen LogP contribution in [0.1, 0.15) is 26.5 Å². The number of hydrogen-bond donors (Lipinski definition) is 1. The number of amides is 1. The number of ether oxygens (including phenoxy) is 2. The molecule has 7 heteroatoms. The zero-order valence-corrected chi connectivity index (χ0v) is 13.4. The highest BCUT2D eigenvalue weighted by Gasteiger charge is 2.41. The summed E-state index contributed by atoms with van der Waals surface area (Å²) in [7, 11) is 1.33. The van der Waals surface area contributed by atoms with Gasteiger partial charge in [0.05, 0.1) is 37.4 Å². The summed E-state index contributed by atoms with van der Waals surface area (Å²) in [6, 6.07) is 0. The Morgan fingerprint density at radius 2 is 2.10 bits per heavy atom. The molecule has 1 aromatic rings. The Labute approximate surface area is 127 Å². The highest BCUT2D eigenvalue weighted by molar-refractivity contribution is 7.13. The topological polar surface area (TPSA) is 77.5 Å². The number of hydrogen-bond acceptors (Lipinski definition) is 6. The molecule has 1 aliphatic rings. The molecule has 4 unspecified atom stereocenters. The number of methoxy groups -OCH3 is 1. The summed E-state index contributed by atoms with van der Waals surface area (Å²) in [6.07, 6.45) is 0.0747. The molecule has 1 saturated heterocycles. The highest BCUT2D eigenvalue weighted by Crippen LogP contribution is 2.33. The zero-order valence-electron chi connectivity index (χ0n) is 12.6. The standard InChI is InChI=1S/C14H20N2O4S/c1-7-8(2)20-9(3)12(7)13(18)16-14-15-10(6-21-14)5-11(17)19-4/h6-9,12H,5H2,1-4H3,(H,15,16,18). The molecule has 1 amide bonds. The second-order valence-corrected chi connectivity index (χ2v) is 6.18. The highest BCUT2D eigenvalue weighted by atomic mass is 32.1. The Balaban J connectivity index is 1.98. The lowest BCUT2D eigenvalue weighted by Gasteiger charge is -2.16. The maximum Gasteiger partial charge on any atom is 0.311 e. The van der Waals surface area contributed by atoms with Crippen molar-refractivity contribution in [1.82, 2.24) is 4.98 Å². The number of carbonyl (C=O) groups is 2. The van der Waals surface area contributed by atoms with Crippen LogP contribution >= 0.6 is 11.3 Å². The van der Waals surface area contributed by atoms with Crippen LogP contribution < -0.4 is 5.32 Å². The lowest BCUT2D eigenvalue weighted by atomic mass is 9.89. The molecular weight excluding hydrogens is 292 g/mol. The third kappa shape index (κ3) is 3.59. The van der Waals surface area contributed by atoms with Gasteiger partial charge in [0.15, 0.2) is 5.13 Å². The molecule has 1 N–H and O–H groups in total. The maximum atomic E-state index is 12.4. The van der Waals surface area contributed by atoms with Gasteiger partial charge in [-0.1, -0.05) is 6.92 Å². The molecule has 0 radical (unpaired) electrons. The van der Waals surface area contributed by atoms with Crippen LogP contribution in [0.15, 0.2) is 5.38 Å². The van der Waals surface area contributed by atoms with Crippen LogP contribution in [0.3, 0.4) is 0 Å². The largest absolute Gasteiger partial charge is 0.469 e. The maximum absolute atomic E-state index is 12.4. The van der Waals surface area contributed by atoms with Crippen molar-refractivity contribution in [2.45, 2.75) is 39.4 Å². The first kappa shape index (κ1) is 15.9. The first-order valence-electron chi connectivity index (χ1n) is 6.90. The van der Waals surface area contributed by atoms with Gasteiger partial charge in [0.1, 0.15) is 0 Å². The lowest BCUT2D eigenvalue weighted by molar-refractivity contribution is -0.139. The van der Waals surface area contributed by atoms with E-state index in [4.69, 9.17) is 4.74 Å². The van der Waals surface area contributed by atoms with Crippen LogP contribution in [0.2, 0.25) is 0 Å². The van der Waals surface area contributed by atoms with Crippen LogP contribution in [0, 0.1) is 11.8 Å². The molecule has 1 fully saturated rings. The molecule has 1 aromatic heterocycles. The Bertz CT molecular complexity index is 531. The molecule has 0 bridgehead atoms. The van der Waals surface area contributed by atoms with E-state index in [1.165, 1.54) is 18.4 Å². The molecule has 6 nitrogen and oxygen atoms in total. The molecule has 21 heavy (non-hydrogen) atoms. The molecule has 0 saturated carbocycles. The number of nitrogens with zero attached hydrogens (tertiary/aromatic N) is 1. The predicted molar refractivity (Wildman–Crippen MR) is 79.1 cm³/mol. The smallest absolute Gasteiger partial charge is 0.311 e. The molecule has 116 valence electrons. The van der Waals surface area contributed by atoms with Crippen molar-refractivity contribution in [3.05, 3.63) is 11.1 Å². The number of rotatable bonds is 4. The van der Waals surface area contributed by atoms with Gasteiger partial charge in [-0.2, -0.15) is 0 Å². The third-order valence-electron chi connectivity index (χ3n) is 3.88. The van der Waals surface area contributed by atoms with Gasteiger partial charge in [-0.3, -0.25) is 9.59 Å². The summed E-state index contributed by atoms with van der Waals surface area (Å²) in [5.41, 5.74) is 0.597. The molecular formula is C14H20N2O4S. The fourth-order valence-corrected chi connectivity index (χ4v) is 3.29. The van der Waals surface area contributed by atoms with E-state index in [0.717, 1.165) is 0 Å². The second-order valence-electron chi connectivity index (χ2n) is 5.32. The monoisotopic (exact) mass is 312 g/mol. The first-order chi connectivity index (χ1) is 9.92. The minimum atomic E-state index is -0.349. The SMILES string of the molecule is COC(=O)Cc1csc(NC(=O)C2C(C)OC(C)C2C)n1. The van der Waals surface area contributed by atoms with Crippen LogP contribution in [0.4, 0.5) is 5.13 Å². The normalized spacial score (nSPS) is 28.4. The van der Waals surface area contributed by atoms with Crippen molar-refractivity contribution >= 4 is 28.3 Å². The van der Waals surface area contributed by atoms with Crippen LogP contribution in [0.5, 0.6) is 0 Å². The molecule has 2 heterocycles. The van der Waals surface area contributed by atoms with Gasteiger partial charge in [-0.25, -0.2) is 4.98 Å². The summed E-state index contributed by atoms with van der Waals surface area (Å²) in [4.78, 5) is 27.8. The number of carbonyl (C=O) groups excluding carboxylic acids is 2. The van der Waals surface area contributed by atoms with E-state index in [1.807, 2.05) is 20.8 Å². The minimum Gasteiger partial charge on any atom is -0.469 e. The molecule has 1 aliphatic heterocycles. The van der Waals surface area contributed by atoms with Crippen LogP contribution in [-0.2, 0) is 25.5 Å². The van der Waals surface area contributed by atoms with Gasteiger partial charge < -0.3 is 14.8 Å². The van der Waals surface area contributed by atoms with Crippen LogP contribution in [-0.4, -0.2) is 36.2 Å². The number of esters is 1. The Morgan fingerprint density at radius 1 is 1.38 bits per heavy atom. The summed E-state index contributed by atoms with van der Waals surface area (Å²) in [6.45, 7) is 5.91. The number of nitrogens with one attached hydrogen (secondary N) is 1. The van der Waals surface area contributed by atoms with E-state index in [-0.39, 0.29) is 42.3 Å². The Kier molecular flexibility index (Phi) is 4.95. The quantitative estimate of drug-likeness (QED) is 0.859. The van der Waals surface area contributed by atoms with E-state index in [9.17, 15) is 9.59 Å². The van der Waals surface area contributed by atoms with Gasteiger partial charge in [0, 0.05) is 5.38 Å². The van der Waals surface area contributed by atoms with E-state index >= 15 is 0 Å². The van der Waals surface area contributed by atoms with Gasteiger partial charge in [0.25, 0.3) is 0 Å². The van der Waals surface area contributed by atoms with Crippen LogP contribution in [0.25, 0.3) is 0 Å². The van der Waals surface area contributed by atoms with Crippen molar-refractivity contribution < 1.29 is 19.1 Å². The van der Waals surface area contributed by atoms with Crippen molar-refractivity contribution in [1.29, 1.82) is 0 Å². The van der Waals surface area contributed by atoms with Crippen molar-refractivity contribution in [3.8, 4) is 0 Å². The van der Waals surface area contributed by atoms with E-state index in [0.29, 0.717) is 10.8 Å². The fourth-order valence-electron chi connectivity index (χ4n) is 2.57. The van der Waals surface area contributed by atoms with E-state index in [1.54, 1.807) is 5.38 Å². The van der Waals surface area contributed by atoms with Crippen molar-refractivity contribution in [2.24, 2.45) is 11.8 Å². The van der Waals surface area contributed by atoms with Gasteiger partial charge in [-0.15, -0.1) is 11.3 Å².